The van der Waals surface area contributed by atoms with Crippen molar-refractivity contribution >= 4 is 29.3 Å². The van der Waals surface area contributed by atoms with Crippen LogP contribution in [-0.4, -0.2) is 24.0 Å². The maximum atomic E-state index is 12.0. The van der Waals surface area contributed by atoms with Crippen molar-refractivity contribution < 1.29 is 4.79 Å². The van der Waals surface area contributed by atoms with E-state index in [4.69, 9.17) is 17.3 Å². The van der Waals surface area contributed by atoms with Gasteiger partial charge in [-0.3, -0.25) is 4.79 Å². The maximum Gasteiger partial charge on any atom is 0.237 e. The molecule has 3 N–H and O–H groups in total. The summed E-state index contributed by atoms with van der Waals surface area (Å²) in [6.45, 7) is 2.03. The van der Waals surface area contributed by atoms with Gasteiger partial charge in [0.1, 0.15) is 0 Å². The Labute approximate surface area is 124 Å². The lowest BCUT2D eigenvalue weighted by Crippen LogP contribution is -2.42. The Hall–Kier alpha value is -0.710. The van der Waals surface area contributed by atoms with Crippen molar-refractivity contribution in [2.24, 2.45) is 5.73 Å². The number of halogens is 1. The van der Waals surface area contributed by atoms with Crippen LogP contribution in [0.2, 0.25) is 5.02 Å². The summed E-state index contributed by atoms with van der Waals surface area (Å²) >= 11 is 7.67. The van der Waals surface area contributed by atoms with Gasteiger partial charge < -0.3 is 11.1 Å². The predicted molar refractivity (Wildman–Crippen MR) is 83.6 cm³/mol. The second kappa shape index (κ2) is 8.46. The Morgan fingerprint density at radius 1 is 1.53 bits per heavy atom. The monoisotopic (exact) mass is 300 g/mol. The number of carbonyl (C=O) groups is 1. The molecule has 2 atom stereocenters. The molecule has 5 heteroatoms. The molecular formula is C14H21ClN2OS. The van der Waals surface area contributed by atoms with Gasteiger partial charge in [0.15, 0.2) is 0 Å². The predicted octanol–water partition coefficient (Wildman–Crippen LogP) is 2.99. The van der Waals surface area contributed by atoms with Crippen molar-refractivity contribution in [2.75, 3.05) is 12.0 Å². The zero-order valence-corrected chi connectivity index (χ0v) is 12.9. The van der Waals surface area contributed by atoms with Crippen LogP contribution in [0.5, 0.6) is 0 Å². The molecule has 0 aliphatic rings. The summed E-state index contributed by atoms with van der Waals surface area (Å²) in [6.07, 6.45) is 3.51. The number of benzene rings is 1. The molecule has 1 amide bonds. The molecule has 0 saturated heterocycles. The normalized spacial score (nSPS) is 13.9. The first-order valence-electron chi connectivity index (χ1n) is 6.38. The average Bonchev–Trinajstić information content (AvgIpc) is 2.41. The van der Waals surface area contributed by atoms with Gasteiger partial charge in [0.2, 0.25) is 5.91 Å². The van der Waals surface area contributed by atoms with E-state index < -0.39 is 6.04 Å². The molecule has 1 aromatic rings. The fourth-order valence-electron chi connectivity index (χ4n) is 1.80. The van der Waals surface area contributed by atoms with E-state index in [0.29, 0.717) is 11.4 Å². The first-order valence-corrected chi connectivity index (χ1v) is 8.16. The highest BCUT2D eigenvalue weighted by molar-refractivity contribution is 7.98. The minimum atomic E-state index is -0.444. The number of rotatable bonds is 7. The van der Waals surface area contributed by atoms with Crippen molar-refractivity contribution in [1.29, 1.82) is 0 Å². The van der Waals surface area contributed by atoms with E-state index in [-0.39, 0.29) is 11.9 Å². The Morgan fingerprint density at radius 3 is 2.84 bits per heavy atom. The van der Waals surface area contributed by atoms with Gasteiger partial charge in [-0.25, -0.2) is 0 Å². The zero-order valence-electron chi connectivity index (χ0n) is 11.4. The summed E-state index contributed by atoms with van der Waals surface area (Å²) in [5.74, 6) is 0.795. The van der Waals surface area contributed by atoms with Crippen LogP contribution in [0.1, 0.15) is 31.4 Å². The summed E-state index contributed by atoms with van der Waals surface area (Å²) in [4.78, 5) is 12.0. The molecule has 0 radical (unpaired) electrons. The minimum absolute atomic E-state index is 0.0356. The van der Waals surface area contributed by atoms with Gasteiger partial charge in [-0.2, -0.15) is 11.8 Å². The second-order valence-corrected chi connectivity index (χ2v) is 5.83. The topological polar surface area (TPSA) is 55.1 Å². The smallest absolute Gasteiger partial charge is 0.237 e. The molecule has 0 aliphatic carbocycles. The molecule has 0 aromatic heterocycles. The summed E-state index contributed by atoms with van der Waals surface area (Å²) < 4.78 is 0. The Bertz CT molecular complexity index is 414. The number of thioether (sulfide) groups is 1. The Kier molecular flexibility index (Phi) is 7.28. The third-order valence-corrected chi connectivity index (χ3v) is 3.82. The summed E-state index contributed by atoms with van der Waals surface area (Å²) in [7, 11) is 0. The molecule has 1 unspecified atom stereocenters. The molecule has 0 bridgehead atoms. The molecule has 1 rings (SSSR count). The number of carbonyl (C=O) groups excluding carboxylic acids is 1. The van der Waals surface area contributed by atoms with Crippen LogP contribution in [-0.2, 0) is 4.79 Å². The van der Waals surface area contributed by atoms with Crippen molar-refractivity contribution in [1.82, 2.24) is 5.32 Å². The van der Waals surface area contributed by atoms with E-state index in [1.807, 2.05) is 37.4 Å². The standard InChI is InChI=1S/C14H21ClN2OS/c1-3-13(10-5-4-6-11(15)9-10)17-14(18)12(16)7-8-19-2/h4-6,9,12-13H,3,7-8,16H2,1-2H3,(H,17,18)/t12-,13?/m0/s1. The van der Waals surface area contributed by atoms with Crippen LogP contribution in [0, 0.1) is 0 Å². The zero-order chi connectivity index (χ0) is 14.3. The Balaban J connectivity index is 2.64. The van der Waals surface area contributed by atoms with Gasteiger partial charge in [-0.1, -0.05) is 30.7 Å². The Morgan fingerprint density at radius 2 is 2.26 bits per heavy atom. The highest BCUT2D eigenvalue weighted by Crippen LogP contribution is 2.20. The first kappa shape index (κ1) is 16.3. The van der Waals surface area contributed by atoms with Crippen molar-refractivity contribution in [2.45, 2.75) is 31.8 Å². The van der Waals surface area contributed by atoms with Crippen molar-refractivity contribution in [3.05, 3.63) is 34.9 Å². The van der Waals surface area contributed by atoms with Gasteiger partial charge in [0, 0.05) is 5.02 Å². The van der Waals surface area contributed by atoms with E-state index in [9.17, 15) is 4.79 Å². The molecule has 0 spiro atoms. The minimum Gasteiger partial charge on any atom is -0.348 e. The molecule has 19 heavy (non-hydrogen) atoms. The summed E-state index contributed by atoms with van der Waals surface area (Å²) in [5, 5.41) is 3.66. The molecule has 0 aliphatic heterocycles. The number of amides is 1. The van der Waals surface area contributed by atoms with Crippen LogP contribution >= 0.6 is 23.4 Å². The molecule has 0 saturated carbocycles. The number of hydrogen-bond acceptors (Lipinski definition) is 3. The van der Waals surface area contributed by atoms with Crippen LogP contribution < -0.4 is 11.1 Å². The number of hydrogen-bond donors (Lipinski definition) is 2. The van der Waals surface area contributed by atoms with E-state index >= 15 is 0 Å². The highest BCUT2D eigenvalue weighted by atomic mass is 35.5. The quantitative estimate of drug-likeness (QED) is 0.814. The van der Waals surface area contributed by atoms with Crippen LogP contribution in [0.3, 0.4) is 0 Å². The lowest BCUT2D eigenvalue weighted by molar-refractivity contribution is -0.123. The van der Waals surface area contributed by atoms with Gasteiger partial charge in [-0.05, 0) is 42.5 Å². The molecule has 106 valence electrons. The highest BCUT2D eigenvalue weighted by Gasteiger charge is 2.18. The van der Waals surface area contributed by atoms with Gasteiger partial charge in [0.05, 0.1) is 12.1 Å². The van der Waals surface area contributed by atoms with Crippen LogP contribution in [0.15, 0.2) is 24.3 Å². The molecule has 0 heterocycles. The van der Waals surface area contributed by atoms with Gasteiger partial charge in [-0.15, -0.1) is 0 Å². The van der Waals surface area contributed by atoms with Crippen molar-refractivity contribution in [3.8, 4) is 0 Å². The van der Waals surface area contributed by atoms with E-state index in [1.54, 1.807) is 11.8 Å². The molecule has 3 nitrogen and oxygen atoms in total. The molecular weight excluding hydrogens is 280 g/mol. The van der Waals surface area contributed by atoms with Crippen LogP contribution in [0.4, 0.5) is 0 Å². The van der Waals surface area contributed by atoms with Crippen LogP contribution in [0.25, 0.3) is 0 Å². The third kappa shape index (κ3) is 5.43. The second-order valence-electron chi connectivity index (χ2n) is 4.41. The largest absolute Gasteiger partial charge is 0.348 e. The molecule has 1 aromatic carbocycles. The fourth-order valence-corrected chi connectivity index (χ4v) is 2.49. The SMILES string of the molecule is CCC(NC(=O)[C@@H](N)CCSC)c1cccc(Cl)c1. The fraction of sp³-hybridized carbons (Fsp3) is 0.500. The van der Waals surface area contributed by atoms with E-state index in [2.05, 4.69) is 5.32 Å². The first-order chi connectivity index (χ1) is 9.08. The molecule has 0 fully saturated rings. The number of nitrogens with two attached hydrogens (primary N) is 1. The average molecular weight is 301 g/mol. The van der Waals surface area contributed by atoms with Crippen molar-refractivity contribution in [3.63, 3.8) is 0 Å². The van der Waals surface area contributed by atoms with Gasteiger partial charge in [0.25, 0.3) is 0 Å². The van der Waals surface area contributed by atoms with Gasteiger partial charge >= 0.3 is 0 Å². The van der Waals surface area contributed by atoms with E-state index in [1.165, 1.54) is 0 Å². The number of nitrogens with one attached hydrogen (secondary N) is 1. The summed E-state index contributed by atoms with van der Waals surface area (Å²) in [5.41, 5.74) is 6.88. The third-order valence-electron chi connectivity index (χ3n) is 2.95. The lowest BCUT2D eigenvalue weighted by Gasteiger charge is -2.20. The van der Waals surface area contributed by atoms with E-state index in [0.717, 1.165) is 17.7 Å². The maximum absolute atomic E-state index is 12.0. The lowest BCUT2D eigenvalue weighted by atomic mass is 10.0. The summed E-state index contributed by atoms with van der Waals surface area (Å²) in [6, 6.07) is 7.08.